The molecule has 0 fully saturated rings. The average molecular weight is 338 g/mol. The molecule has 0 bridgehead atoms. The normalized spacial score (nSPS) is 11.0. The first-order chi connectivity index (χ1) is 11.7. The van der Waals surface area contributed by atoms with Gasteiger partial charge in [0.25, 0.3) is 5.95 Å². The fourth-order valence-corrected chi connectivity index (χ4v) is 2.72. The summed E-state index contributed by atoms with van der Waals surface area (Å²) in [5.74, 6) is -0.0254. The van der Waals surface area contributed by atoms with Crippen LogP contribution in [-0.2, 0) is 11.2 Å². The third-order valence-corrected chi connectivity index (χ3v) is 3.87. The van der Waals surface area contributed by atoms with Gasteiger partial charge in [0, 0.05) is 15.9 Å². The van der Waals surface area contributed by atoms with E-state index in [0.717, 1.165) is 16.5 Å². The summed E-state index contributed by atoms with van der Waals surface area (Å²) in [4.78, 5) is 19.6. The van der Waals surface area contributed by atoms with Crippen LogP contribution in [-0.4, -0.2) is 26.1 Å². The topological polar surface area (TPSA) is 83.6 Å². The molecule has 6 nitrogen and oxygen atoms in total. The molecule has 2 heterocycles. The van der Waals surface area contributed by atoms with Crippen molar-refractivity contribution in [3.63, 3.8) is 0 Å². The molecule has 0 saturated heterocycles. The molecule has 0 radical (unpaired) electrons. The second-order valence-corrected chi connectivity index (χ2v) is 5.79. The molecule has 118 valence electrons. The van der Waals surface area contributed by atoms with Crippen molar-refractivity contribution in [2.24, 2.45) is 0 Å². The number of fused-ring (bicyclic) bond motifs is 3. The van der Waals surface area contributed by atoms with E-state index in [1.54, 1.807) is 12.1 Å². The Bertz CT molecular complexity index is 1040. The Hall–Kier alpha value is -2.99. The maximum Gasteiger partial charge on any atom is 0.251 e. The fraction of sp³-hybridized carbons (Fsp3) is 0.0588. The summed E-state index contributed by atoms with van der Waals surface area (Å²) in [7, 11) is 0. The van der Waals surface area contributed by atoms with Crippen LogP contribution >= 0.6 is 11.6 Å². The summed E-state index contributed by atoms with van der Waals surface area (Å²) < 4.78 is 0. The minimum absolute atomic E-state index is 0.168. The van der Waals surface area contributed by atoms with E-state index in [2.05, 4.69) is 25.5 Å². The Morgan fingerprint density at radius 3 is 2.79 bits per heavy atom. The Balaban J connectivity index is 1.61. The number of anilines is 1. The highest BCUT2D eigenvalue weighted by Crippen LogP contribution is 2.25. The monoisotopic (exact) mass is 337 g/mol. The Labute approximate surface area is 141 Å². The van der Waals surface area contributed by atoms with E-state index in [1.165, 1.54) is 0 Å². The molecule has 2 N–H and O–H groups in total. The standard InChI is InChI=1S/C17H12ClN5O/c18-11-6-7-13-12(9-11)15-16(19-13)21-17(23-22-15)20-14(24)8-10-4-2-1-3-5-10/h1-7,9H,8H2,(H2,19,20,21,23,24). The zero-order valence-corrected chi connectivity index (χ0v) is 13.2. The zero-order valence-electron chi connectivity index (χ0n) is 12.5. The molecule has 0 spiro atoms. The van der Waals surface area contributed by atoms with Crippen molar-refractivity contribution in [1.29, 1.82) is 0 Å². The molecule has 0 aliphatic rings. The third kappa shape index (κ3) is 2.79. The minimum Gasteiger partial charge on any atom is -0.338 e. The van der Waals surface area contributed by atoms with Crippen LogP contribution in [0.4, 0.5) is 5.95 Å². The van der Waals surface area contributed by atoms with E-state index in [-0.39, 0.29) is 18.3 Å². The smallest absolute Gasteiger partial charge is 0.251 e. The maximum absolute atomic E-state index is 12.1. The number of hydrogen-bond donors (Lipinski definition) is 2. The van der Waals surface area contributed by atoms with Crippen molar-refractivity contribution in [3.8, 4) is 0 Å². The number of aromatic amines is 1. The van der Waals surface area contributed by atoms with Crippen LogP contribution < -0.4 is 5.32 Å². The van der Waals surface area contributed by atoms with Gasteiger partial charge < -0.3 is 4.98 Å². The zero-order chi connectivity index (χ0) is 16.5. The Kier molecular flexibility index (Phi) is 3.59. The van der Waals surface area contributed by atoms with E-state index in [9.17, 15) is 4.79 Å². The van der Waals surface area contributed by atoms with Crippen molar-refractivity contribution < 1.29 is 4.79 Å². The average Bonchev–Trinajstić information content (AvgIpc) is 2.92. The van der Waals surface area contributed by atoms with E-state index in [0.29, 0.717) is 16.2 Å². The number of carbonyl (C=O) groups excluding carboxylic acids is 1. The van der Waals surface area contributed by atoms with Gasteiger partial charge in [-0.15, -0.1) is 10.2 Å². The van der Waals surface area contributed by atoms with E-state index < -0.39 is 0 Å². The van der Waals surface area contributed by atoms with E-state index >= 15 is 0 Å². The van der Waals surface area contributed by atoms with Gasteiger partial charge >= 0.3 is 0 Å². The summed E-state index contributed by atoms with van der Waals surface area (Å²) in [6.45, 7) is 0. The highest BCUT2D eigenvalue weighted by molar-refractivity contribution is 6.31. The number of nitrogens with zero attached hydrogens (tertiary/aromatic N) is 3. The SMILES string of the molecule is O=C(Cc1ccccc1)Nc1nnc2c(n1)[nH]c1ccc(Cl)cc12. The number of hydrogen-bond acceptors (Lipinski definition) is 4. The first-order valence-electron chi connectivity index (χ1n) is 7.34. The van der Waals surface area contributed by atoms with Crippen molar-refractivity contribution in [2.45, 2.75) is 6.42 Å². The summed E-state index contributed by atoms with van der Waals surface area (Å²) in [6.07, 6.45) is 0.255. The second-order valence-electron chi connectivity index (χ2n) is 5.36. The summed E-state index contributed by atoms with van der Waals surface area (Å²) in [5.41, 5.74) is 2.96. The molecule has 7 heteroatoms. The van der Waals surface area contributed by atoms with Gasteiger partial charge in [0.15, 0.2) is 5.65 Å². The Morgan fingerprint density at radius 2 is 1.96 bits per heavy atom. The predicted octanol–water partition coefficient (Wildman–Crippen LogP) is 3.34. The van der Waals surface area contributed by atoms with E-state index in [1.807, 2.05) is 36.4 Å². The molecule has 0 unspecified atom stereocenters. The lowest BCUT2D eigenvalue weighted by Crippen LogP contribution is -2.16. The van der Waals surface area contributed by atoms with Gasteiger partial charge in [-0.3, -0.25) is 10.1 Å². The lowest BCUT2D eigenvalue weighted by atomic mass is 10.1. The van der Waals surface area contributed by atoms with Gasteiger partial charge in [-0.1, -0.05) is 41.9 Å². The first-order valence-corrected chi connectivity index (χ1v) is 7.72. The van der Waals surface area contributed by atoms with Gasteiger partial charge in [0.2, 0.25) is 5.91 Å². The maximum atomic E-state index is 12.1. The van der Waals surface area contributed by atoms with Gasteiger partial charge in [0.05, 0.1) is 6.42 Å². The predicted molar refractivity (Wildman–Crippen MR) is 93.0 cm³/mol. The molecule has 0 saturated carbocycles. The number of amides is 1. The van der Waals surface area contributed by atoms with Crippen LogP contribution in [0.1, 0.15) is 5.56 Å². The van der Waals surface area contributed by atoms with Crippen molar-refractivity contribution >= 4 is 45.5 Å². The minimum atomic E-state index is -0.193. The molecule has 0 aliphatic heterocycles. The van der Waals surface area contributed by atoms with Crippen molar-refractivity contribution in [2.75, 3.05) is 5.32 Å². The molecule has 4 aromatic rings. The van der Waals surface area contributed by atoms with Crippen LogP contribution in [0.2, 0.25) is 5.02 Å². The number of aromatic nitrogens is 4. The highest BCUT2D eigenvalue weighted by Gasteiger charge is 2.11. The molecular formula is C17H12ClN5O. The molecule has 0 aliphatic carbocycles. The van der Waals surface area contributed by atoms with Crippen LogP contribution in [0.3, 0.4) is 0 Å². The summed E-state index contributed by atoms with van der Waals surface area (Å²) in [6, 6.07) is 14.9. The largest absolute Gasteiger partial charge is 0.338 e. The molecule has 1 amide bonds. The number of nitrogens with one attached hydrogen (secondary N) is 2. The molecule has 24 heavy (non-hydrogen) atoms. The lowest BCUT2D eigenvalue weighted by molar-refractivity contribution is -0.115. The Morgan fingerprint density at radius 1 is 1.12 bits per heavy atom. The number of benzene rings is 2. The van der Waals surface area contributed by atoms with Crippen molar-refractivity contribution in [3.05, 3.63) is 59.1 Å². The van der Waals surface area contributed by atoms with E-state index in [4.69, 9.17) is 11.6 Å². The lowest BCUT2D eigenvalue weighted by Gasteiger charge is -2.03. The number of H-pyrrole nitrogens is 1. The molecular weight excluding hydrogens is 326 g/mol. The number of halogens is 1. The summed E-state index contributed by atoms with van der Waals surface area (Å²) >= 11 is 6.01. The van der Waals surface area contributed by atoms with Gasteiger partial charge in [-0.2, -0.15) is 4.98 Å². The number of rotatable bonds is 3. The molecule has 2 aromatic carbocycles. The van der Waals surface area contributed by atoms with Crippen LogP contribution in [0.15, 0.2) is 48.5 Å². The highest BCUT2D eigenvalue weighted by atomic mass is 35.5. The van der Waals surface area contributed by atoms with Crippen LogP contribution in [0.5, 0.6) is 0 Å². The van der Waals surface area contributed by atoms with Crippen LogP contribution in [0.25, 0.3) is 22.1 Å². The number of carbonyl (C=O) groups is 1. The van der Waals surface area contributed by atoms with Gasteiger partial charge in [0.1, 0.15) is 5.52 Å². The van der Waals surface area contributed by atoms with Crippen molar-refractivity contribution in [1.82, 2.24) is 20.2 Å². The molecule has 4 rings (SSSR count). The van der Waals surface area contributed by atoms with Crippen LogP contribution in [0, 0.1) is 0 Å². The van der Waals surface area contributed by atoms with Gasteiger partial charge in [-0.25, -0.2) is 0 Å². The first kappa shape index (κ1) is 14.6. The molecule has 2 aromatic heterocycles. The molecule has 0 atom stereocenters. The fourth-order valence-electron chi connectivity index (χ4n) is 2.55. The quantitative estimate of drug-likeness (QED) is 0.600. The van der Waals surface area contributed by atoms with Gasteiger partial charge in [-0.05, 0) is 23.8 Å². The summed E-state index contributed by atoms with van der Waals surface area (Å²) in [5, 5.41) is 12.3. The third-order valence-electron chi connectivity index (χ3n) is 3.64. The second kappa shape index (κ2) is 5.90.